The van der Waals surface area contributed by atoms with Crippen LogP contribution in [0.15, 0.2) is 41.3 Å². The Balaban J connectivity index is 1.64. The Hall–Kier alpha value is -1.83. The van der Waals surface area contributed by atoms with E-state index in [0.29, 0.717) is 17.3 Å². The summed E-state index contributed by atoms with van der Waals surface area (Å²) in [6, 6.07) is 9.11. The molecule has 2 fully saturated rings. The summed E-state index contributed by atoms with van der Waals surface area (Å²) in [5.74, 6) is -8.06. The summed E-state index contributed by atoms with van der Waals surface area (Å²) in [7, 11) is 0. The molecular formula is C21H23F4IN4. The standard InChI is InChI=1S/C21H23F4IN4/c1-14(17-7-5-16(13-27)6-8-17)29-30(26)19(11-15-3-2-4-15)28-10-9-18-12-20(22,23)21(18,24)25/h5-8,11,15,18,28H,2-4,9-10,12H2,1H3/b19-11+,29-14+. The molecule has 0 heterocycles. The van der Waals surface area contributed by atoms with Crippen molar-refractivity contribution in [1.82, 2.24) is 8.54 Å². The molecule has 1 atom stereocenters. The number of halogens is 5. The van der Waals surface area contributed by atoms with Gasteiger partial charge in [0.1, 0.15) is 5.82 Å². The molecule has 2 saturated carbocycles. The second kappa shape index (κ2) is 9.12. The maximum atomic E-state index is 13.5. The molecule has 9 heteroatoms. The van der Waals surface area contributed by atoms with Crippen molar-refractivity contribution in [1.29, 1.82) is 5.26 Å². The molecule has 2 aliphatic rings. The van der Waals surface area contributed by atoms with Crippen LogP contribution < -0.4 is 5.32 Å². The van der Waals surface area contributed by atoms with Gasteiger partial charge in [0.05, 0.1) is 40.2 Å². The summed E-state index contributed by atoms with van der Waals surface area (Å²) >= 11 is 2.02. The van der Waals surface area contributed by atoms with Crippen molar-refractivity contribution in [3.8, 4) is 6.07 Å². The van der Waals surface area contributed by atoms with Crippen molar-refractivity contribution in [3.05, 3.63) is 47.3 Å². The highest BCUT2D eigenvalue weighted by molar-refractivity contribution is 14.1. The van der Waals surface area contributed by atoms with Crippen molar-refractivity contribution >= 4 is 28.6 Å². The van der Waals surface area contributed by atoms with Gasteiger partial charge in [-0.3, -0.25) is 0 Å². The lowest BCUT2D eigenvalue weighted by Crippen LogP contribution is -2.59. The molecule has 1 aromatic carbocycles. The van der Waals surface area contributed by atoms with Gasteiger partial charge >= 0.3 is 11.8 Å². The maximum Gasteiger partial charge on any atom is 0.313 e. The van der Waals surface area contributed by atoms with E-state index in [2.05, 4.69) is 16.5 Å². The van der Waals surface area contributed by atoms with Crippen molar-refractivity contribution in [2.75, 3.05) is 6.54 Å². The number of rotatable bonds is 8. The number of alkyl halides is 4. The average molecular weight is 534 g/mol. The smallest absolute Gasteiger partial charge is 0.313 e. The van der Waals surface area contributed by atoms with Gasteiger partial charge in [0.15, 0.2) is 0 Å². The van der Waals surface area contributed by atoms with E-state index in [1.165, 1.54) is 0 Å². The van der Waals surface area contributed by atoms with Gasteiger partial charge in [-0.05, 0) is 55.9 Å². The van der Waals surface area contributed by atoms with Crippen LogP contribution in [0.2, 0.25) is 0 Å². The lowest BCUT2D eigenvalue weighted by atomic mass is 9.75. The summed E-state index contributed by atoms with van der Waals surface area (Å²) in [5, 5.41) is 16.6. The van der Waals surface area contributed by atoms with Crippen molar-refractivity contribution in [3.63, 3.8) is 0 Å². The minimum atomic E-state index is -3.93. The van der Waals surface area contributed by atoms with E-state index in [-0.39, 0.29) is 13.0 Å². The average Bonchev–Trinajstić information content (AvgIpc) is 2.68. The third-order valence-electron chi connectivity index (χ3n) is 5.71. The number of nitrogens with one attached hydrogen (secondary N) is 1. The number of hydrazone groups is 1. The molecule has 162 valence electrons. The SMILES string of the molecule is C/C(=N\N(I)/C(=C/C1CCC1)NCCC1CC(F)(F)C1(F)F)c1ccc(C#N)cc1. The van der Waals surface area contributed by atoms with Crippen LogP contribution in [0.3, 0.4) is 0 Å². The number of nitriles is 1. The van der Waals surface area contributed by atoms with E-state index in [1.807, 2.05) is 48.0 Å². The zero-order valence-corrected chi connectivity index (χ0v) is 18.7. The van der Waals surface area contributed by atoms with Crippen LogP contribution in [0, 0.1) is 23.2 Å². The van der Waals surface area contributed by atoms with Gasteiger partial charge in [-0.25, -0.2) is 0 Å². The Morgan fingerprint density at radius 2 is 1.97 bits per heavy atom. The van der Waals surface area contributed by atoms with Gasteiger partial charge in [0.2, 0.25) is 0 Å². The Bertz CT molecular complexity index is 857. The van der Waals surface area contributed by atoms with Crippen LogP contribution in [-0.4, -0.2) is 27.3 Å². The molecular weight excluding hydrogens is 511 g/mol. The van der Waals surface area contributed by atoms with Crippen molar-refractivity contribution < 1.29 is 17.6 Å². The summed E-state index contributed by atoms with van der Waals surface area (Å²) in [6.07, 6.45) is 4.48. The van der Waals surface area contributed by atoms with E-state index < -0.39 is 24.2 Å². The highest BCUT2D eigenvalue weighted by Gasteiger charge is 2.70. The van der Waals surface area contributed by atoms with Crippen LogP contribution in [0.1, 0.15) is 50.2 Å². The number of hydrogen-bond acceptors (Lipinski definition) is 4. The molecule has 0 saturated heterocycles. The minimum Gasteiger partial charge on any atom is -0.370 e. The van der Waals surface area contributed by atoms with E-state index in [0.717, 1.165) is 30.5 Å². The molecule has 1 aromatic rings. The summed E-state index contributed by atoms with van der Waals surface area (Å²) in [5.41, 5.74) is 2.14. The highest BCUT2D eigenvalue weighted by Crippen LogP contribution is 2.56. The summed E-state index contributed by atoms with van der Waals surface area (Å²) < 4.78 is 54.7. The second-order valence-electron chi connectivity index (χ2n) is 7.82. The fourth-order valence-corrected chi connectivity index (χ4v) is 4.10. The highest BCUT2D eigenvalue weighted by atomic mass is 127. The zero-order chi connectivity index (χ0) is 21.9. The molecule has 1 N–H and O–H groups in total. The lowest BCUT2D eigenvalue weighted by Gasteiger charge is -2.44. The molecule has 0 bridgehead atoms. The third-order valence-corrected chi connectivity index (χ3v) is 6.45. The predicted octanol–water partition coefficient (Wildman–Crippen LogP) is 5.85. The normalized spacial score (nSPS) is 23.2. The van der Waals surface area contributed by atoms with Gasteiger partial charge in [-0.15, -0.1) is 0 Å². The number of benzene rings is 1. The van der Waals surface area contributed by atoms with Gasteiger partial charge < -0.3 is 5.32 Å². The van der Waals surface area contributed by atoms with E-state index in [4.69, 9.17) is 5.26 Å². The molecule has 30 heavy (non-hydrogen) atoms. The molecule has 0 aliphatic heterocycles. The number of allylic oxidation sites excluding steroid dienone is 1. The van der Waals surface area contributed by atoms with Gasteiger partial charge in [0, 0.05) is 18.9 Å². The van der Waals surface area contributed by atoms with Crippen LogP contribution in [0.4, 0.5) is 17.6 Å². The maximum absolute atomic E-state index is 13.5. The first-order valence-electron chi connectivity index (χ1n) is 9.87. The predicted molar refractivity (Wildman–Crippen MR) is 115 cm³/mol. The van der Waals surface area contributed by atoms with Gasteiger partial charge in [0.25, 0.3) is 0 Å². The van der Waals surface area contributed by atoms with Crippen LogP contribution >= 0.6 is 22.9 Å². The lowest BCUT2D eigenvalue weighted by molar-refractivity contribution is -0.314. The number of nitrogens with zero attached hydrogens (tertiary/aromatic N) is 3. The zero-order valence-electron chi connectivity index (χ0n) is 16.5. The van der Waals surface area contributed by atoms with Crippen LogP contribution in [0.5, 0.6) is 0 Å². The first kappa shape index (κ1) is 22.8. The fourth-order valence-electron chi connectivity index (χ4n) is 3.44. The first-order valence-corrected chi connectivity index (χ1v) is 10.8. The Labute approximate surface area is 187 Å². The minimum absolute atomic E-state index is 0.0343. The first-order chi connectivity index (χ1) is 14.1. The van der Waals surface area contributed by atoms with Crippen molar-refractivity contribution in [2.45, 2.75) is 50.9 Å². The quantitative estimate of drug-likeness (QED) is 0.150. The monoisotopic (exact) mass is 534 g/mol. The molecule has 4 nitrogen and oxygen atoms in total. The molecule has 3 rings (SSSR count). The molecule has 0 aromatic heterocycles. The largest absolute Gasteiger partial charge is 0.370 e. The Kier molecular flexibility index (Phi) is 6.95. The van der Waals surface area contributed by atoms with E-state index >= 15 is 0 Å². The molecule has 0 radical (unpaired) electrons. The summed E-state index contributed by atoms with van der Waals surface area (Å²) in [6.45, 7) is 2.00. The molecule has 1 unspecified atom stereocenters. The third kappa shape index (κ3) is 4.90. The van der Waals surface area contributed by atoms with Gasteiger partial charge in [-0.2, -0.15) is 31.1 Å². The second-order valence-corrected chi connectivity index (χ2v) is 8.74. The van der Waals surface area contributed by atoms with E-state index in [9.17, 15) is 17.6 Å². The van der Waals surface area contributed by atoms with E-state index in [1.54, 1.807) is 15.4 Å². The summed E-state index contributed by atoms with van der Waals surface area (Å²) in [4.78, 5) is 0. The topological polar surface area (TPSA) is 51.4 Å². The van der Waals surface area contributed by atoms with Gasteiger partial charge in [-0.1, -0.05) is 18.6 Å². The molecule has 0 spiro atoms. The molecule has 0 amide bonds. The van der Waals surface area contributed by atoms with Crippen LogP contribution in [-0.2, 0) is 0 Å². The Morgan fingerprint density at radius 1 is 1.30 bits per heavy atom. The van der Waals surface area contributed by atoms with Crippen molar-refractivity contribution in [2.24, 2.45) is 16.9 Å². The number of hydrogen-bond donors (Lipinski definition) is 1. The fraction of sp³-hybridized carbons (Fsp3) is 0.524. The Morgan fingerprint density at radius 3 is 2.47 bits per heavy atom. The molecule has 2 aliphatic carbocycles. The van der Waals surface area contributed by atoms with Crippen LogP contribution in [0.25, 0.3) is 0 Å².